The van der Waals surface area contributed by atoms with E-state index in [0.29, 0.717) is 28.2 Å². The lowest BCUT2D eigenvalue weighted by Gasteiger charge is -2.08. The highest BCUT2D eigenvalue weighted by molar-refractivity contribution is 6.05. The maximum atomic E-state index is 12.7. The predicted octanol–water partition coefficient (Wildman–Crippen LogP) is 4.83. The minimum atomic E-state index is -0.441. The second-order valence-electron chi connectivity index (χ2n) is 6.92. The molecule has 0 radical (unpaired) electrons. The van der Waals surface area contributed by atoms with Crippen LogP contribution in [0.2, 0.25) is 0 Å². The minimum absolute atomic E-state index is 0.345. The van der Waals surface area contributed by atoms with Crippen molar-refractivity contribution < 1.29 is 19.1 Å². The Balaban J connectivity index is 1.42. The standard InChI is InChI=1S/C26H20N2O4/c1-31-21-14-12-20(13-15-21)25(29)28-27-17-18-6-4-9-22(16-18)32-26(30)24-11-5-8-19-7-2-3-10-23(19)24/h2-17H,1H3,(H,28,29)/b27-17-. The molecule has 32 heavy (non-hydrogen) atoms. The Morgan fingerprint density at radius 2 is 1.59 bits per heavy atom. The molecule has 4 aromatic rings. The molecule has 0 bridgehead atoms. The van der Waals surface area contributed by atoms with Crippen LogP contribution in [0.5, 0.6) is 11.5 Å². The van der Waals surface area contributed by atoms with E-state index >= 15 is 0 Å². The van der Waals surface area contributed by atoms with Crippen molar-refractivity contribution in [1.82, 2.24) is 5.43 Å². The molecule has 4 aromatic carbocycles. The number of hydrazone groups is 1. The average molecular weight is 424 g/mol. The number of carbonyl (C=O) groups excluding carboxylic acids is 2. The van der Waals surface area contributed by atoms with Gasteiger partial charge >= 0.3 is 5.97 Å². The summed E-state index contributed by atoms with van der Waals surface area (Å²) in [5.41, 5.74) is 4.10. The zero-order valence-electron chi connectivity index (χ0n) is 17.3. The number of methoxy groups -OCH3 is 1. The number of amides is 1. The number of ether oxygens (including phenoxy) is 2. The van der Waals surface area contributed by atoms with Gasteiger partial charge in [0.25, 0.3) is 5.91 Å². The van der Waals surface area contributed by atoms with Crippen LogP contribution < -0.4 is 14.9 Å². The molecule has 0 aliphatic heterocycles. The zero-order valence-corrected chi connectivity index (χ0v) is 17.3. The molecule has 0 fully saturated rings. The van der Waals surface area contributed by atoms with E-state index in [1.165, 1.54) is 6.21 Å². The summed E-state index contributed by atoms with van der Waals surface area (Å²) in [5, 5.41) is 5.78. The topological polar surface area (TPSA) is 77.0 Å². The average Bonchev–Trinajstić information content (AvgIpc) is 2.84. The molecule has 0 atom stereocenters. The van der Waals surface area contributed by atoms with Crippen LogP contribution in [-0.2, 0) is 0 Å². The monoisotopic (exact) mass is 424 g/mol. The molecule has 0 saturated heterocycles. The minimum Gasteiger partial charge on any atom is -0.497 e. The van der Waals surface area contributed by atoms with Gasteiger partial charge in [-0.25, -0.2) is 10.2 Å². The van der Waals surface area contributed by atoms with E-state index in [1.807, 2.05) is 36.4 Å². The molecule has 1 N–H and O–H groups in total. The predicted molar refractivity (Wildman–Crippen MR) is 123 cm³/mol. The summed E-state index contributed by atoms with van der Waals surface area (Å²) in [6.07, 6.45) is 1.48. The summed E-state index contributed by atoms with van der Waals surface area (Å²) < 4.78 is 10.6. The van der Waals surface area contributed by atoms with Crippen molar-refractivity contribution in [2.75, 3.05) is 7.11 Å². The lowest BCUT2D eigenvalue weighted by atomic mass is 10.0. The van der Waals surface area contributed by atoms with Crippen molar-refractivity contribution in [2.45, 2.75) is 0 Å². The Hall–Kier alpha value is -4.45. The molecule has 0 aliphatic carbocycles. The highest BCUT2D eigenvalue weighted by Gasteiger charge is 2.12. The van der Waals surface area contributed by atoms with Crippen LogP contribution >= 0.6 is 0 Å². The summed E-state index contributed by atoms with van der Waals surface area (Å²) in [6, 6.07) is 26.8. The molecule has 6 nitrogen and oxygen atoms in total. The Morgan fingerprint density at radius 1 is 0.844 bits per heavy atom. The van der Waals surface area contributed by atoms with Crippen LogP contribution in [0.15, 0.2) is 96.1 Å². The molecule has 6 heteroatoms. The number of nitrogens with one attached hydrogen (secondary N) is 1. The van der Waals surface area contributed by atoms with Gasteiger partial charge in [-0.3, -0.25) is 4.79 Å². The van der Waals surface area contributed by atoms with Gasteiger partial charge in [0.05, 0.1) is 18.9 Å². The van der Waals surface area contributed by atoms with Crippen molar-refractivity contribution in [3.05, 3.63) is 108 Å². The van der Waals surface area contributed by atoms with Crippen molar-refractivity contribution in [3.63, 3.8) is 0 Å². The van der Waals surface area contributed by atoms with Crippen molar-refractivity contribution in [1.29, 1.82) is 0 Å². The van der Waals surface area contributed by atoms with Gasteiger partial charge in [0.15, 0.2) is 0 Å². The van der Waals surface area contributed by atoms with E-state index in [0.717, 1.165) is 10.8 Å². The molecular weight excluding hydrogens is 404 g/mol. The smallest absolute Gasteiger partial charge is 0.344 e. The fraction of sp³-hybridized carbons (Fsp3) is 0.0385. The van der Waals surface area contributed by atoms with E-state index in [1.54, 1.807) is 61.7 Å². The molecule has 0 spiro atoms. The third kappa shape index (κ3) is 4.82. The van der Waals surface area contributed by atoms with Crippen LogP contribution in [0.1, 0.15) is 26.3 Å². The summed E-state index contributed by atoms with van der Waals surface area (Å²) in [5.74, 6) is 0.263. The van der Waals surface area contributed by atoms with Gasteiger partial charge in [0, 0.05) is 5.56 Å². The highest BCUT2D eigenvalue weighted by Crippen LogP contribution is 2.21. The Labute approximate surface area is 185 Å². The number of fused-ring (bicyclic) bond motifs is 1. The highest BCUT2D eigenvalue weighted by atomic mass is 16.5. The summed E-state index contributed by atoms with van der Waals surface area (Å²) in [7, 11) is 1.56. The van der Waals surface area contributed by atoms with E-state index in [4.69, 9.17) is 9.47 Å². The molecule has 1 amide bonds. The van der Waals surface area contributed by atoms with Gasteiger partial charge in [-0.05, 0) is 58.8 Å². The number of benzene rings is 4. The number of esters is 1. The summed E-state index contributed by atoms with van der Waals surface area (Å²) >= 11 is 0. The van der Waals surface area contributed by atoms with E-state index in [2.05, 4.69) is 10.5 Å². The third-order valence-electron chi connectivity index (χ3n) is 4.81. The Bertz CT molecular complexity index is 1290. The Morgan fingerprint density at radius 3 is 2.41 bits per heavy atom. The van der Waals surface area contributed by atoms with Crippen LogP contribution in [-0.4, -0.2) is 25.2 Å². The Kier molecular flexibility index (Phi) is 6.22. The first-order valence-corrected chi connectivity index (χ1v) is 9.91. The summed E-state index contributed by atoms with van der Waals surface area (Å²) in [6.45, 7) is 0. The van der Waals surface area contributed by atoms with E-state index in [-0.39, 0.29) is 5.91 Å². The van der Waals surface area contributed by atoms with Crippen molar-refractivity contribution in [3.8, 4) is 11.5 Å². The normalized spacial score (nSPS) is 10.8. The largest absolute Gasteiger partial charge is 0.497 e. The molecule has 0 aliphatic rings. The lowest BCUT2D eigenvalue weighted by molar-refractivity contribution is 0.0736. The number of hydrogen-bond acceptors (Lipinski definition) is 5. The van der Waals surface area contributed by atoms with Gasteiger partial charge in [0.1, 0.15) is 11.5 Å². The lowest BCUT2D eigenvalue weighted by Crippen LogP contribution is -2.17. The first-order valence-electron chi connectivity index (χ1n) is 9.91. The number of rotatable bonds is 6. The van der Waals surface area contributed by atoms with E-state index in [9.17, 15) is 9.59 Å². The second-order valence-corrected chi connectivity index (χ2v) is 6.92. The maximum Gasteiger partial charge on any atom is 0.344 e. The van der Waals surface area contributed by atoms with Gasteiger partial charge in [0.2, 0.25) is 0 Å². The van der Waals surface area contributed by atoms with Gasteiger partial charge in [-0.1, -0.05) is 48.5 Å². The second kappa shape index (κ2) is 9.57. The van der Waals surface area contributed by atoms with Gasteiger partial charge in [-0.2, -0.15) is 5.10 Å². The fourth-order valence-electron chi connectivity index (χ4n) is 3.20. The van der Waals surface area contributed by atoms with Crippen LogP contribution in [0.4, 0.5) is 0 Å². The number of hydrogen-bond donors (Lipinski definition) is 1. The first kappa shape index (κ1) is 20.8. The van der Waals surface area contributed by atoms with E-state index < -0.39 is 5.97 Å². The van der Waals surface area contributed by atoms with Crippen LogP contribution in [0, 0.1) is 0 Å². The van der Waals surface area contributed by atoms with Crippen molar-refractivity contribution >= 4 is 28.9 Å². The first-order chi connectivity index (χ1) is 15.6. The van der Waals surface area contributed by atoms with Crippen LogP contribution in [0.3, 0.4) is 0 Å². The number of nitrogens with zero attached hydrogens (tertiary/aromatic N) is 1. The van der Waals surface area contributed by atoms with Gasteiger partial charge in [-0.15, -0.1) is 0 Å². The SMILES string of the molecule is COc1ccc(C(=O)N/N=C\c2cccc(OC(=O)c3cccc4ccccc34)c2)cc1. The molecule has 0 heterocycles. The maximum absolute atomic E-state index is 12.7. The number of carbonyl (C=O) groups is 2. The molecule has 4 rings (SSSR count). The van der Waals surface area contributed by atoms with Gasteiger partial charge < -0.3 is 9.47 Å². The molecule has 0 unspecified atom stereocenters. The quantitative estimate of drug-likeness (QED) is 0.208. The molecular formula is C26H20N2O4. The third-order valence-corrected chi connectivity index (χ3v) is 4.81. The summed E-state index contributed by atoms with van der Waals surface area (Å²) in [4.78, 5) is 24.9. The molecule has 0 aromatic heterocycles. The van der Waals surface area contributed by atoms with Crippen molar-refractivity contribution in [2.24, 2.45) is 5.10 Å². The zero-order chi connectivity index (χ0) is 22.3. The van der Waals surface area contributed by atoms with Crippen LogP contribution in [0.25, 0.3) is 10.8 Å². The fourth-order valence-corrected chi connectivity index (χ4v) is 3.20. The molecule has 158 valence electrons. The molecule has 0 saturated carbocycles.